The molecular formula is C18H22N2O3S2. The molecule has 0 aliphatic rings. The fourth-order valence-corrected chi connectivity index (χ4v) is 3.61. The van der Waals surface area contributed by atoms with Crippen molar-refractivity contribution < 1.29 is 13.2 Å². The van der Waals surface area contributed by atoms with Crippen molar-refractivity contribution in [3.63, 3.8) is 0 Å². The monoisotopic (exact) mass is 378 g/mol. The molecule has 1 atom stereocenters. The lowest BCUT2D eigenvalue weighted by Gasteiger charge is -2.12. The van der Waals surface area contributed by atoms with Gasteiger partial charge in [0.15, 0.2) is 0 Å². The molecule has 0 bridgehead atoms. The third-order valence-electron chi connectivity index (χ3n) is 3.51. The van der Waals surface area contributed by atoms with Crippen molar-refractivity contribution in [3.8, 4) is 0 Å². The van der Waals surface area contributed by atoms with Crippen molar-refractivity contribution in [1.29, 1.82) is 0 Å². The first-order valence-electron chi connectivity index (χ1n) is 7.86. The second-order valence-corrected chi connectivity index (χ2v) is 9.21. The summed E-state index contributed by atoms with van der Waals surface area (Å²) in [5.74, 6) is -0.432. The number of amides is 1. The summed E-state index contributed by atoms with van der Waals surface area (Å²) in [6.45, 7) is 0.363. The molecule has 2 aromatic carbocycles. The first-order valence-corrected chi connectivity index (χ1v) is 10.7. The van der Waals surface area contributed by atoms with Crippen LogP contribution in [0.3, 0.4) is 0 Å². The van der Waals surface area contributed by atoms with Crippen molar-refractivity contribution in [2.24, 2.45) is 5.73 Å². The molecule has 0 saturated heterocycles. The second kappa shape index (κ2) is 9.03. The number of carbonyl (C=O) groups is 1. The average molecular weight is 379 g/mol. The first kappa shape index (κ1) is 19.5. The number of benzene rings is 2. The summed E-state index contributed by atoms with van der Waals surface area (Å²) in [6, 6.07) is 17.2. The zero-order valence-electron chi connectivity index (χ0n) is 14.0. The van der Waals surface area contributed by atoms with Crippen LogP contribution < -0.4 is 11.1 Å². The Morgan fingerprint density at radius 3 is 2.28 bits per heavy atom. The van der Waals surface area contributed by atoms with Gasteiger partial charge in [0.05, 0.1) is 11.8 Å². The standard InChI is InChI=1S/C18H22N2O3S2/c1-25(22,23)12-11-17(19)18(21)20-13-14-7-9-16(10-8-14)24-15-5-3-2-4-6-15/h2-10,17H,11-13,19H2,1H3,(H,20,21). The molecule has 2 rings (SSSR count). The minimum atomic E-state index is -3.11. The lowest BCUT2D eigenvalue weighted by molar-refractivity contribution is -0.122. The molecule has 7 heteroatoms. The predicted octanol–water partition coefficient (Wildman–Crippen LogP) is 2.22. The van der Waals surface area contributed by atoms with Gasteiger partial charge in [-0.1, -0.05) is 42.1 Å². The lowest BCUT2D eigenvalue weighted by atomic mass is 10.2. The third kappa shape index (κ3) is 7.29. The van der Waals surface area contributed by atoms with Gasteiger partial charge < -0.3 is 11.1 Å². The molecule has 0 aliphatic carbocycles. The Hall–Kier alpha value is -1.83. The summed E-state index contributed by atoms with van der Waals surface area (Å²) in [5.41, 5.74) is 6.68. The quantitative estimate of drug-likeness (QED) is 0.735. The van der Waals surface area contributed by atoms with E-state index in [-0.39, 0.29) is 18.1 Å². The van der Waals surface area contributed by atoms with Gasteiger partial charge in [0.1, 0.15) is 9.84 Å². The number of hydrogen-bond acceptors (Lipinski definition) is 5. The van der Waals surface area contributed by atoms with Crippen LogP contribution in [0.5, 0.6) is 0 Å². The molecule has 0 aliphatic heterocycles. The molecule has 1 unspecified atom stereocenters. The molecular weight excluding hydrogens is 356 g/mol. The van der Waals surface area contributed by atoms with Crippen molar-refractivity contribution >= 4 is 27.5 Å². The first-order chi connectivity index (χ1) is 11.8. The number of hydrogen-bond donors (Lipinski definition) is 2. The molecule has 2 aromatic rings. The number of carbonyl (C=O) groups excluding carboxylic acids is 1. The van der Waals surface area contributed by atoms with Crippen molar-refractivity contribution in [2.75, 3.05) is 12.0 Å². The molecule has 1 amide bonds. The topological polar surface area (TPSA) is 89.3 Å². The maximum absolute atomic E-state index is 11.9. The molecule has 134 valence electrons. The van der Waals surface area contributed by atoms with Gasteiger partial charge in [0.2, 0.25) is 5.91 Å². The van der Waals surface area contributed by atoms with Gasteiger partial charge in [-0.3, -0.25) is 4.79 Å². The predicted molar refractivity (Wildman–Crippen MR) is 101 cm³/mol. The molecule has 25 heavy (non-hydrogen) atoms. The summed E-state index contributed by atoms with van der Waals surface area (Å²) < 4.78 is 22.2. The normalized spacial score (nSPS) is 12.6. The molecule has 0 spiro atoms. The van der Waals surface area contributed by atoms with E-state index in [2.05, 4.69) is 17.4 Å². The van der Waals surface area contributed by atoms with Crippen molar-refractivity contribution in [3.05, 3.63) is 60.2 Å². The summed E-state index contributed by atoms with van der Waals surface area (Å²) in [4.78, 5) is 14.2. The van der Waals surface area contributed by atoms with Gasteiger partial charge in [-0.15, -0.1) is 0 Å². The highest BCUT2D eigenvalue weighted by atomic mass is 32.2. The van der Waals surface area contributed by atoms with Gasteiger partial charge in [-0.05, 0) is 36.2 Å². The highest BCUT2D eigenvalue weighted by Crippen LogP contribution is 2.27. The van der Waals surface area contributed by atoms with Crippen LogP contribution in [0.15, 0.2) is 64.4 Å². The molecule has 0 saturated carbocycles. The van der Waals surface area contributed by atoms with Crippen LogP contribution in [0.1, 0.15) is 12.0 Å². The van der Waals surface area contributed by atoms with Gasteiger partial charge in [-0.2, -0.15) is 0 Å². The molecule has 0 radical (unpaired) electrons. The SMILES string of the molecule is CS(=O)(=O)CCC(N)C(=O)NCc1ccc(Sc2ccccc2)cc1. The minimum Gasteiger partial charge on any atom is -0.351 e. The van der Waals surface area contributed by atoms with Crippen LogP contribution in [0.4, 0.5) is 0 Å². The molecule has 0 fully saturated rings. The van der Waals surface area contributed by atoms with Crippen LogP contribution in [-0.4, -0.2) is 32.4 Å². The Kier molecular flexibility index (Phi) is 7.04. The highest BCUT2D eigenvalue weighted by molar-refractivity contribution is 7.99. The van der Waals surface area contributed by atoms with E-state index < -0.39 is 15.9 Å². The summed E-state index contributed by atoms with van der Waals surface area (Å²) >= 11 is 1.67. The Balaban J connectivity index is 1.82. The van der Waals surface area contributed by atoms with E-state index in [9.17, 15) is 13.2 Å². The fourth-order valence-electron chi connectivity index (χ4n) is 2.09. The van der Waals surface area contributed by atoms with Crippen LogP contribution in [0, 0.1) is 0 Å². The molecule has 0 heterocycles. The van der Waals surface area contributed by atoms with E-state index in [4.69, 9.17) is 5.73 Å². The van der Waals surface area contributed by atoms with Crippen LogP contribution in [0.2, 0.25) is 0 Å². The Bertz CT molecular complexity index is 791. The fraction of sp³-hybridized carbons (Fsp3) is 0.278. The molecule has 0 aromatic heterocycles. The third-order valence-corrected chi connectivity index (χ3v) is 5.50. The Morgan fingerprint density at radius 1 is 1.08 bits per heavy atom. The van der Waals surface area contributed by atoms with Crippen molar-refractivity contribution in [2.45, 2.75) is 28.8 Å². The maximum Gasteiger partial charge on any atom is 0.237 e. The molecule has 5 nitrogen and oxygen atoms in total. The number of rotatable bonds is 8. The Labute approximate surface area is 152 Å². The maximum atomic E-state index is 11.9. The van der Waals surface area contributed by atoms with Gasteiger partial charge >= 0.3 is 0 Å². The van der Waals surface area contributed by atoms with E-state index in [1.54, 1.807) is 11.8 Å². The minimum absolute atomic E-state index is 0.0903. The summed E-state index contributed by atoms with van der Waals surface area (Å²) in [6.07, 6.45) is 1.25. The second-order valence-electron chi connectivity index (χ2n) is 5.80. The number of nitrogens with one attached hydrogen (secondary N) is 1. The van der Waals surface area contributed by atoms with Gasteiger partial charge in [0, 0.05) is 22.6 Å². The van der Waals surface area contributed by atoms with E-state index >= 15 is 0 Å². The van der Waals surface area contributed by atoms with Gasteiger partial charge in [-0.25, -0.2) is 8.42 Å². The average Bonchev–Trinajstić information content (AvgIpc) is 2.59. The number of sulfone groups is 1. The van der Waals surface area contributed by atoms with E-state index in [1.165, 1.54) is 4.90 Å². The summed E-state index contributed by atoms with van der Waals surface area (Å²) in [7, 11) is -3.11. The van der Waals surface area contributed by atoms with E-state index in [0.29, 0.717) is 6.54 Å². The molecule has 3 N–H and O–H groups in total. The zero-order chi connectivity index (χ0) is 18.3. The number of nitrogens with two attached hydrogens (primary N) is 1. The zero-order valence-corrected chi connectivity index (χ0v) is 15.6. The Morgan fingerprint density at radius 2 is 1.68 bits per heavy atom. The van der Waals surface area contributed by atoms with Crippen molar-refractivity contribution in [1.82, 2.24) is 5.32 Å². The van der Waals surface area contributed by atoms with Gasteiger partial charge in [0.25, 0.3) is 0 Å². The largest absolute Gasteiger partial charge is 0.351 e. The van der Waals surface area contributed by atoms with E-state index in [0.717, 1.165) is 16.7 Å². The van der Waals surface area contributed by atoms with Crippen LogP contribution in [0.25, 0.3) is 0 Å². The van der Waals surface area contributed by atoms with Crippen LogP contribution in [-0.2, 0) is 21.2 Å². The lowest BCUT2D eigenvalue weighted by Crippen LogP contribution is -2.41. The van der Waals surface area contributed by atoms with E-state index in [1.807, 2.05) is 42.5 Å². The smallest absolute Gasteiger partial charge is 0.237 e. The van der Waals surface area contributed by atoms with Crippen LogP contribution >= 0.6 is 11.8 Å². The summed E-state index contributed by atoms with van der Waals surface area (Å²) in [5, 5.41) is 2.74. The highest BCUT2D eigenvalue weighted by Gasteiger charge is 2.15.